The number of hydrogen-bond acceptors (Lipinski definition) is 5. The van der Waals surface area contributed by atoms with Gasteiger partial charge in [-0.1, -0.05) is 0 Å². The van der Waals surface area contributed by atoms with Gasteiger partial charge >= 0.3 is 0 Å². The van der Waals surface area contributed by atoms with Crippen molar-refractivity contribution in [3.05, 3.63) is 28.2 Å². The molecule has 0 atom stereocenters. The van der Waals surface area contributed by atoms with Crippen LogP contribution in [0.1, 0.15) is 15.8 Å². The van der Waals surface area contributed by atoms with Gasteiger partial charge in [-0.2, -0.15) is 0 Å². The van der Waals surface area contributed by atoms with Gasteiger partial charge in [0.15, 0.2) is 0 Å². The van der Waals surface area contributed by atoms with E-state index in [0.29, 0.717) is 0 Å². The Morgan fingerprint density at radius 2 is 2.18 bits per heavy atom. The molecule has 0 amide bonds. The highest BCUT2D eigenvalue weighted by Gasteiger charge is 2.05. The molecular formula is C11H17N5S. The Bertz CT molecular complexity index is 476. The van der Waals surface area contributed by atoms with Crippen LogP contribution < -0.4 is 0 Å². The Hall–Kier alpha value is -1.27. The predicted molar refractivity (Wildman–Crippen MR) is 67.9 cm³/mol. The van der Waals surface area contributed by atoms with Gasteiger partial charge < -0.3 is 4.57 Å². The number of nitrogens with zero attached hydrogens (tertiary/aromatic N) is 5. The van der Waals surface area contributed by atoms with Gasteiger partial charge in [0.05, 0.1) is 6.54 Å². The Morgan fingerprint density at radius 1 is 1.35 bits per heavy atom. The second kappa shape index (κ2) is 5.37. The van der Waals surface area contributed by atoms with E-state index in [9.17, 15) is 0 Å². The van der Waals surface area contributed by atoms with Crippen LogP contribution in [0.25, 0.3) is 0 Å². The lowest BCUT2D eigenvalue weighted by molar-refractivity contribution is 0.309. The maximum atomic E-state index is 4.21. The van der Waals surface area contributed by atoms with Crippen LogP contribution in [-0.2, 0) is 13.1 Å². The Morgan fingerprint density at radius 3 is 2.76 bits per heavy atom. The molecule has 92 valence electrons. The maximum absolute atomic E-state index is 4.21. The van der Waals surface area contributed by atoms with Crippen molar-refractivity contribution in [3.63, 3.8) is 0 Å². The molecule has 2 heterocycles. The van der Waals surface area contributed by atoms with Gasteiger partial charge in [-0.25, -0.2) is 4.98 Å². The number of imidazole rings is 1. The topological polar surface area (TPSA) is 46.8 Å². The SMILES string of the molecule is Cc1nnc(CN(C)CCn2ccnc2C)s1. The molecule has 0 aliphatic carbocycles. The van der Waals surface area contributed by atoms with E-state index in [1.807, 2.05) is 26.2 Å². The lowest BCUT2D eigenvalue weighted by Crippen LogP contribution is -2.23. The molecule has 0 saturated heterocycles. The van der Waals surface area contributed by atoms with E-state index in [-0.39, 0.29) is 0 Å². The second-order valence-corrected chi connectivity index (χ2v) is 5.39. The molecule has 2 aromatic rings. The standard InChI is InChI=1S/C11H17N5S/c1-9-12-4-5-16(9)7-6-15(3)8-11-14-13-10(2)17-11/h4-5H,6-8H2,1-3H3. The number of likely N-dealkylation sites (N-methyl/N-ethyl adjacent to an activating group) is 1. The van der Waals surface area contributed by atoms with Crippen molar-refractivity contribution in [1.29, 1.82) is 0 Å². The lowest BCUT2D eigenvalue weighted by atomic mass is 10.5. The molecule has 0 saturated carbocycles. The van der Waals surface area contributed by atoms with Crippen LogP contribution in [0.3, 0.4) is 0 Å². The smallest absolute Gasteiger partial charge is 0.131 e. The van der Waals surface area contributed by atoms with Crippen LogP contribution in [0, 0.1) is 13.8 Å². The molecule has 2 aromatic heterocycles. The minimum absolute atomic E-state index is 0.860. The summed E-state index contributed by atoms with van der Waals surface area (Å²) in [7, 11) is 2.10. The van der Waals surface area contributed by atoms with Crippen LogP contribution in [0.5, 0.6) is 0 Å². The zero-order chi connectivity index (χ0) is 12.3. The van der Waals surface area contributed by atoms with Crippen LogP contribution in [0.15, 0.2) is 12.4 Å². The van der Waals surface area contributed by atoms with E-state index in [4.69, 9.17) is 0 Å². The molecule has 0 unspecified atom stereocenters. The van der Waals surface area contributed by atoms with E-state index >= 15 is 0 Å². The molecule has 0 aliphatic heterocycles. The highest BCUT2D eigenvalue weighted by Crippen LogP contribution is 2.10. The summed E-state index contributed by atoms with van der Waals surface area (Å²) in [5, 5.41) is 10.2. The summed E-state index contributed by atoms with van der Waals surface area (Å²) in [4.78, 5) is 6.46. The molecule has 0 aromatic carbocycles. The minimum atomic E-state index is 0.860. The first-order valence-electron chi connectivity index (χ1n) is 5.60. The fourth-order valence-corrected chi connectivity index (χ4v) is 2.42. The van der Waals surface area contributed by atoms with E-state index in [0.717, 1.165) is 35.5 Å². The van der Waals surface area contributed by atoms with Crippen LogP contribution in [0.4, 0.5) is 0 Å². The molecule has 0 bridgehead atoms. The van der Waals surface area contributed by atoms with E-state index in [1.165, 1.54) is 0 Å². The Balaban J connectivity index is 1.82. The van der Waals surface area contributed by atoms with Gasteiger partial charge in [-0.05, 0) is 20.9 Å². The van der Waals surface area contributed by atoms with E-state index in [2.05, 4.69) is 31.7 Å². The number of aryl methyl sites for hydroxylation is 2. The van der Waals surface area contributed by atoms with Crippen molar-refractivity contribution in [2.75, 3.05) is 13.6 Å². The van der Waals surface area contributed by atoms with Crippen molar-refractivity contribution in [1.82, 2.24) is 24.6 Å². The summed E-state index contributed by atoms with van der Waals surface area (Å²) in [6.45, 7) is 6.80. The third-order valence-electron chi connectivity index (χ3n) is 2.62. The molecule has 0 radical (unpaired) electrons. The lowest BCUT2D eigenvalue weighted by Gasteiger charge is -2.15. The zero-order valence-electron chi connectivity index (χ0n) is 10.4. The summed E-state index contributed by atoms with van der Waals surface area (Å²) < 4.78 is 2.15. The van der Waals surface area contributed by atoms with Gasteiger partial charge in [0.25, 0.3) is 0 Å². The molecule has 5 nitrogen and oxygen atoms in total. The Kier molecular flexibility index (Phi) is 3.86. The van der Waals surface area contributed by atoms with Crippen molar-refractivity contribution in [3.8, 4) is 0 Å². The van der Waals surface area contributed by atoms with Crippen molar-refractivity contribution in [2.24, 2.45) is 0 Å². The first-order valence-corrected chi connectivity index (χ1v) is 6.42. The molecule has 17 heavy (non-hydrogen) atoms. The monoisotopic (exact) mass is 251 g/mol. The fourth-order valence-electron chi connectivity index (χ4n) is 1.63. The van der Waals surface area contributed by atoms with Gasteiger partial charge in [-0.15, -0.1) is 21.5 Å². The van der Waals surface area contributed by atoms with Crippen molar-refractivity contribution < 1.29 is 0 Å². The van der Waals surface area contributed by atoms with E-state index < -0.39 is 0 Å². The van der Waals surface area contributed by atoms with Gasteiger partial charge in [0, 0.05) is 25.5 Å². The fraction of sp³-hybridized carbons (Fsp3) is 0.545. The molecular weight excluding hydrogens is 234 g/mol. The average Bonchev–Trinajstić information content (AvgIpc) is 2.85. The molecule has 6 heteroatoms. The largest absolute Gasteiger partial charge is 0.334 e. The third-order valence-corrected chi connectivity index (χ3v) is 3.44. The quantitative estimate of drug-likeness (QED) is 0.807. The Labute approximate surface area is 105 Å². The minimum Gasteiger partial charge on any atom is -0.334 e. The summed E-state index contributed by atoms with van der Waals surface area (Å²) in [5.74, 6) is 1.06. The molecule has 0 fully saturated rings. The average molecular weight is 251 g/mol. The normalized spacial score (nSPS) is 11.3. The van der Waals surface area contributed by atoms with Crippen LogP contribution in [-0.4, -0.2) is 38.2 Å². The predicted octanol–water partition coefficient (Wildman–Crippen LogP) is 1.48. The summed E-state index contributed by atoms with van der Waals surface area (Å²) >= 11 is 1.66. The summed E-state index contributed by atoms with van der Waals surface area (Å²) in [6.07, 6.45) is 3.85. The van der Waals surface area contributed by atoms with Crippen molar-refractivity contribution >= 4 is 11.3 Å². The van der Waals surface area contributed by atoms with Crippen molar-refractivity contribution in [2.45, 2.75) is 26.9 Å². The first kappa shape index (κ1) is 12.2. The molecule has 0 aliphatic rings. The summed E-state index contributed by atoms with van der Waals surface area (Å²) in [5.41, 5.74) is 0. The van der Waals surface area contributed by atoms with Crippen LogP contribution >= 0.6 is 11.3 Å². The van der Waals surface area contributed by atoms with E-state index in [1.54, 1.807) is 11.3 Å². The van der Waals surface area contributed by atoms with Crippen LogP contribution in [0.2, 0.25) is 0 Å². The van der Waals surface area contributed by atoms with Gasteiger partial charge in [0.1, 0.15) is 15.8 Å². The highest BCUT2D eigenvalue weighted by molar-refractivity contribution is 7.11. The number of aromatic nitrogens is 4. The zero-order valence-corrected chi connectivity index (χ0v) is 11.2. The summed E-state index contributed by atoms with van der Waals surface area (Å²) in [6, 6.07) is 0. The molecule has 0 spiro atoms. The molecule has 0 N–H and O–H groups in total. The first-order chi connectivity index (χ1) is 8.15. The van der Waals surface area contributed by atoms with Gasteiger partial charge in [0.2, 0.25) is 0 Å². The molecule has 2 rings (SSSR count). The number of hydrogen-bond donors (Lipinski definition) is 0. The third kappa shape index (κ3) is 3.34. The van der Waals surface area contributed by atoms with Gasteiger partial charge in [-0.3, -0.25) is 4.90 Å². The number of rotatable bonds is 5. The maximum Gasteiger partial charge on any atom is 0.131 e. The second-order valence-electron chi connectivity index (χ2n) is 4.12. The highest BCUT2D eigenvalue weighted by atomic mass is 32.1.